The highest BCUT2D eigenvalue weighted by molar-refractivity contribution is 5.87. The van der Waals surface area contributed by atoms with Crippen molar-refractivity contribution >= 4 is 11.8 Å². The van der Waals surface area contributed by atoms with Crippen LogP contribution in [-0.2, 0) is 16.0 Å². The van der Waals surface area contributed by atoms with Crippen molar-refractivity contribution in [2.75, 3.05) is 13.1 Å². The molecule has 1 aromatic heterocycles. The van der Waals surface area contributed by atoms with E-state index in [2.05, 4.69) is 25.8 Å². The van der Waals surface area contributed by atoms with Gasteiger partial charge in [0, 0.05) is 13.0 Å². The third-order valence-electron chi connectivity index (χ3n) is 2.59. The summed E-state index contributed by atoms with van der Waals surface area (Å²) in [6, 6.07) is -0.595. The van der Waals surface area contributed by atoms with Gasteiger partial charge in [0.2, 0.25) is 11.8 Å². The molecule has 0 aliphatic heterocycles. The highest BCUT2D eigenvalue weighted by atomic mass is 16.2. The molecule has 0 aromatic carbocycles. The molecule has 0 aliphatic rings. The van der Waals surface area contributed by atoms with Crippen LogP contribution >= 0.6 is 0 Å². The monoisotopic (exact) mass is 268 g/mol. The molecule has 106 valence electrons. The van der Waals surface area contributed by atoms with Crippen LogP contribution in [0.5, 0.6) is 0 Å². The molecule has 0 saturated heterocycles. The maximum Gasteiger partial charge on any atom is 0.239 e. The molecule has 19 heavy (non-hydrogen) atoms. The maximum atomic E-state index is 11.5. The van der Waals surface area contributed by atoms with E-state index >= 15 is 0 Å². The molecule has 0 bridgehead atoms. The third-order valence-corrected chi connectivity index (χ3v) is 2.59. The quantitative estimate of drug-likeness (QED) is 0.482. The number of nitrogens with zero attached hydrogens (tertiary/aromatic N) is 2. The van der Waals surface area contributed by atoms with Gasteiger partial charge in [-0.1, -0.05) is 13.8 Å². The Hall–Kier alpha value is -1.96. The standard InChI is InChI=1S/C11H20N6O2/c1-7(2)10(12)11(19)14-5-9(18)13-4-3-8-15-6-16-17-8/h6-7,10H,3-5,12H2,1-2H3,(H,13,18)(H,14,19)(H,15,16,17)/t10-/m0/s1. The minimum absolute atomic E-state index is 0.0366. The van der Waals surface area contributed by atoms with Crippen molar-refractivity contribution in [2.24, 2.45) is 11.7 Å². The molecule has 1 aromatic rings. The summed E-state index contributed by atoms with van der Waals surface area (Å²) in [4.78, 5) is 26.9. The Kier molecular flexibility index (Phi) is 5.94. The van der Waals surface area contributed by atoms with E-state index in [1.54, 1.807) is 0 Å². The number of carbonyl (C=O) groups excluding carboxylic acids is 2. The molecule has 2 amide bonds. The summed E-state index contributed by atoms with van der Waals surface area (Å²) in [7, 11) is 0. The molecule has 8 heteroatoms. The van der Waals surface area contributed by atoms with Crippen LogP contribution in [0.25, 0.3) is 0 Å². The first-order chi connectivity index (χ1) is 9.00. The largest absolute Gasteiger partial charge is 0.354 e. The molecule has 0 fully saturated rings. The van der Waals surface area contributed by atoms with E-state index in [-0.39, 0.29) is 24.3 Å². The van der Waals surface area contributed by atoms with E-state index in [0.717, 1.165) is 0 Å². The average molecular weight is 268 g/mol. The first-order valence-corrected chi connectivity index (χ1v) is 6.15. The fourth-order valence-corrected chi connectivity index (χ4v) is 1.32. The molecule has 5 N–H and O–H groups in total. The van der Waals surface area contributed by atoms with Gasteiger partial charge in [-0.2, -0.15) is 5.10 Å². The molecular formula is C11H20N6O2. The third kappa shape index (κ3) is 5.47. The number of H-pyrrole nitrogens is 1. The van der Waals surface area contributed by atoms with Crippen LogP contribution in [0.2, 0.25) is 0 Å². The molecule has 1 atom stereocenters. The summed E-state index contributed by atoms with van der Waals surface area (Å²) in [5.74, 6) is 0.157. The van der Waals surface area contributed by atoms with Gasteiger partial charge in [-0.05, 0) is 5.92 Å². The van der Waals surface area contributed by atoms with Crippen molar-refractivity contribution in [3.8, 4) is 0 Å². The second-order valence-corrected chi connectivity index (χ2v) is 4.52. The highest BCUT2D eigenvalue weighted by Gasteiger charge is 2.17. The van der Waals surface area contributed by atoms with Gasteiger partial charge < -0.3 is 16.4 Å². The number of nitrogens with one attached hydrogen (secondary N) is 3. The van der Waals surface area contributed by atoms with E-state index in [9.17, 15) is 9.59 Å². The Morgan fingerprint density at radius 3 is 2.74 bits per heavy atom. The van der Waals surface area contributed by atoms with Crippen LogP contribution in [0.1, 0.15) is 19.7 Å². The van der Waals surface area contributed by atoms with Gasteiger partial charge in [0.25, 0.3) is 0 Å². The zero-order valence-corrected chi connectivity index (χ0v) is 11.1. The van der Waals surface area contributed by atoms with E-state index in [1.807, 2.05) is 13.8 Å². The minimum atomic E-state index is -0.595. The summed E-state index contributed by atoms with van der Waals surface area (Å²) in [5, 5.41) is 11.5. The highest BCUT2D eigenvalue weighted by Crippen LogP contribution is 1.97. The predicted octanol–water partition coefficient (Wildman–Crippen LogP) is -1.44. The first-order valence-electron chi connectivity index (χ1n) is 6.15. The Morgan fingerprint density at radius 1 is 1.42 bits per heavy atom. The first kappa shape index (κ1) is 15.1. The zero-order chi connectivity index (χ0) is 14.3. The Morgan fingerprint density at radius 2 is 2.16 bits per heavy atom. The molecule has 0 unspecified atom stereocenters. The molecule has 0 radical (unpaired) electrons. The van der Waals surface area contributed by atoms with Crippen LogP contribution < -0.4 is 16.4 Å². The Labute approximate surface area is 111 Å². The van der Waals surface area contributed by atoms with Gasteiger partial charge in [-0.3, -0.25) is 14.7 Å². The predicted molar refractivity (Wildman–Crippen MR) is 68.9 cm³/mol. The van der Waals surface area contributed by atoms with Crippen molar-refractivity contribution in [3.05, 3.63) is 12.2 Å². The van der Waals surface area contributed by atoms with Crippen LogP contribution in [-0.4, -0.2) is 46.1 Å². The summed E-state index contributed by atoms with van der Waals surface area (Å²) < 4.78 is 0. The minimum Gasteiger partial charge on any atom is -0.354 e. The topological polar surface area (TPSA) is 126 Å². The van der Waals surface area contributed by atoms with Crippen molar-refractivity contribution < 1.29 is 9.59 Å². The van der Waals surface area contributed by atoms with Crippen LogP contribution in [0, 0.1) is 5.92 Å². The van der Waals surface area contributed by atoms with Gasteiger partial charge >= 0.3 is 0 Å². The average Bonchev–Trinajstić information content (AvgIpc) is 2.88. The number of hydrogen-bond acceptors (Lipinski definition) is 5. The number of hydrogen-bond donors (Lipinski definition) is 4. The van der Waals surface area contributed by atoms with Gasteiger partial charge in [-0.15, -0.1) is 0 Å². The molecule has 0 saturated carbocycles. The number of aromatic nitrogens is 3. The van der Waals surface area contributed by atoms with Crippen LogP contribution in [0.3, 0.4) is 0 Å². The normalized spacial score (nSPS) is 12.2. The number of rotatable bonds is 7. The zero-order valence-electron chi connectivity index (χ0n) is 11.1. The summed E-state index contributed by atoms with van der Waals surface area (Å²) in [6.45, 7) is 4.05. The van der Waals surface area contributed by atoms with Gasteiger partial charge in [0.15, 0.2) is 0 Å². The second kappa shape index (κ2) is 7.47. The van der Waals surface area contributed by atoms with Gasteiger partial charge in [0.1, 0.15) is 12.2 Å². The Bertz CT molecular complexity index is 403. The van der Waals surface area contributed by atoms with Crippen molar-refractivity contribution in [3.63, 3.8) is 0 Å². The van der Waals surface area contributed by atoms with E-state index in [4.69, 9.17) is 5.73 Å². The maximum absolute atomic E-state index is 11.5. The van der Waals surface area contributed by atoms with Gasteiger partial charge in [0.05, 0.1) is 12.6 Å². The molecular weight excluding hydrogens is 248 g/mol. The molecule has 0 spiro atoms. The van der Waals surface area contributed by atoms with Crippen molar-refractivity contribution in [1.29, 1.82) is 0 Å². The molecule has 1 rings (SSSR count). The lowest BCUT2D eigenvalue weighted by atomic mass is 10.1. The fourth-order valence-electron chi connectivity index (χ4n) is 1.32. The van der Waals surface area contributed by atoms with Crippen molar-refractivity contribution in [2.45, 2.75) is 26.3 Å². The van der Waals surface area contributed by atoms with Crippen LogP contribution in [0.15, 0.2) is 6.33 Å². The second-order valence-electron chi connectivity index (χ2n) is 4.52. The van der Waals surface area contributed by atoms with E-state index in [1.165, 1.54) is 6.33 Å². The molecule has 8 nitrogen and oxygen atoms in total. The summed E-state index contributed by atoms with van der Waals surface area (Å²) in [5.41, 5.74) is 5.65. The summed E-state index contributed by atoms with van der Waals surface area (Å²) in [6.07, 6.45) is 1.97. The number of amides is 2. The number of nitrogens with two attached hydrogens (primary N) is 1. The van der Waals surface area contributed by atoms with Crippen LogP contribution in [0.4, 0.5) is 0 Å². The van der Waals surface area contributed by atoms with Crippen molar-refractivity contribution in [1.82, 2.24) is 25.8 Å². The SMILES string of the molecule is CC(C)[C@H](N)C(=O)NCC(=O)NCCc1ncn[nH]1. The summed E-state index contributed by atoms with van der Waals surface area (Å²) >= 11 is 0. The number of carbonyl (C=O) groups is 2. The molecule has 0 aliphatic carbocycles. The lowest BCUT2D eigenvalue weighted by Gasteiger charge is -2.15. The van der Waals surface area contributed by atoms with Gasteiger partial charge in [-0.25, -0.2) is 4.98 Å². The lowest BCUT2D eigenvalue weighted by molar-refractivity contribution is -0.127. The number of aromatic amines is 1. The Balaban J connectivity index is 2.16. The smallest absolute Gasteiger partial charge is 0.239 e. The fraction of sp³-hybridized carbons (Fsp3) is 0.636. The van der Waals surface area contributed by atoms with E-state index in [0.29, 0.717) is 18.8 Å². The van der Waals surface area contributed by atoms with E-state index < -0.39 is 6.04 Å². The molecule has 1 heterocycles. The lowest BCUT2D eigenvalue weighted by Crippen LogP contribution is -2.47.